The standard InChI is InChI=1S/C23H25F3N2O2/c1-17-7-9-19(10-8-17)21(28-11-13-30-14-12-28)16-27-22(29)15-20(23(24,25)26)18-5-3-2-4-6-18/h2-10,15,21H,11-14,16H2,1H3,(H,27,29)/b20-15-. The van der Waals surface area contributed by atoms with Crippen LogP contribution in [0.15, 0.2) is 60.7 Å². The largest absolute Gasteiger partial charge is 0.417 e. The van der Waals surface area contributed by atoms with Crippen LogP contribution in [0.4, 0.5) is 13.2 Å². The van der Waals surface area contributed by atoms with Crippen molar-refractivity contribution in [2.45, 2.75) is 19.1 Å². The topological polar surface area (TPSA) is 41.6 Å². The fourth-order valence-corrected chi connectivity index (χ4v) is 3.46. The van der Waals surface area contributed by atoms with E-state index in [0.717, 1.165) is 11.1 Å². The molecule has 3 rings (SSSR count). The summed E-state index contributed by atoms with van der Waals surface area (Å²) in [7, 11) is 0. The van der Waals surface area contributed by atoms with E-state index in [1.807, 2.05) is 31.2 Å². The van der Waals surface area contributed by atoms with Crippen molar-refractivity contribution in [1.29, 1.82) is 0 Å². The SMILES string of the molecule is Cc1ccc(C(CNC(=O)/C=C(/c2ccccc2)C(F)(F)F)N2CCOCC2)cc1. The highest BCUT2D eigenvalue weighted by Crippen LogP contribution is 2.33. The minimum Gasteiger partial charge on any atom is -0.379 e. The molecule has 160 valence electrons. The monoisotopic (exact) mass is 418 g/mol. The van der Waals surface area contributed by atoms with E-state index >= 15 is 0 Å². The summed E-state index contributed by atoms with van der Waals surface area (Å²) in [5.41, 5.74) is 1.12. The van der Waals surface area contributed by atoms with Gasteiger partial charge < -0.3 is 10.1 Å². The van der Waals surface area contributed by atoms with Gasteiger partial charge in [-0.05, 0) is 18.1 Å². The molecule has 0 radical (unpaired) electrons. The van der Waals surface area contributed by atoms with Gasteiger partial charge in [-0.2, -0.15) is 13.2 Å². The van der Waals surface area contributed by atoms with Crippen LogP contribution in [0.5, 0.6) is 0 Å². The molecule has 1 amide bonds. The van der Waals surface area contributed by atoms with E-state index in [1.54, 1.807) is 6.07 Å². The molecule has 0 saturated carbocycles. The molecule has 2 aromatic rings. The lowest BCUT2D eigenvalue weighted by molar-refractivity contribution is -0.117. The van der Waals surface area contributed by atoms with E-state index < -0.39 is 17.7 Å². The number of carbonyl (C=O) groups is 1. The van der Waals surface area contributed by atoms with Gasteiger partial charge in [0.25, 0.3) is 0 Å². The van der Waals surface area contributed by atoms with E-state index in [0.29, 0.717) is 32.4 Å². The number of amides is 1. The van der Waals surface area contributed by atoms with Crippen molar-refractivity contribution in [2.24, 2.45) is 0 Å². The smallest absolute Gasteiger partial charge is 0.379 e. The van der Waals surface area contributed by atoms with Crippen molar-refractivity contribution in [1.82, 2.24) is 10.2 Å². The van der Waals surface area contributed by atoms with Gasteiger partial charge in [-0.15, -0.1) is 0 Å². The van der Waals surface area contributed by atoms with Crippen molar-refractivity contribution in [3.8, 4) is 0 Å². The van der Waals surface area contributed by atoms with Crippen molar-refractivity contribution in [3.05, 3.63) is 77.4 Å². The van der Waals surface area contributed by atoms with Crippen LogP contribution in [0.3, 0.4) is 0 Å². The van der Waals surface area contributed by atoms with Crippen LogP contribution in [0.1, 0.15) is 22.7 Å². The van der Waals surface area contributed by atoms with E-state index in [2.05, 4.69) is 10.2 Å². The van der Waals surface area contributed by atoms with Gasteiger partial charge in [0.1, 0.15) is 0 Å². The zero-order valence-corrected chi connectivity index (χ0v) is 16.8. The predicted octanol–water partition coefficient (Wildman–Crippen LogP) is 4.13. The highest BCUT2D eigenvalue weighted by Gasteiger charge is 2.35. The molecule has 0 aliphatic carbocycles. The highest BCUT2D eigenvalue weighted by molar-refractivity contribution is 5.96. The Morgan fingerprint density at radius 2 is 1.73 bits per heavy atom. The molecule has 1 aliphatic heterocycles. The van der Waals surface area contributed by atoms with Crippen molar-refractivity contribution < 1.29 is 22.7 Å². The second-order valence-corrected chi connectivity index (χ2v) is 7.24. The Hall–Kier alpha value is -2.64. The van der Waals surface area contributed by atoms with Gasteiger partial charge >= 0.3 is 6.18 Å². The number of allylic oxidation sites excluding steroid dienone is 1. The first kappa shape index (κ1) is 22.1. The number of aryl methyl sites for hydroxylation is 1. The lowest BCUT2D eigenvalue weighted by Crippen LogP contribution is -2.43. The van der Waals surface area contributed by atoms with Gasteiger partial charge in [0, 0.05) is 25.7 Å². The summed E-state index contributed by atoms with van der Waals surface area (Å²) >= 11 is 0. The molecule has 2 aromatic carbocycles. The summed E-state index contributed by atoms with van der Waals surface area (Å²) in [6.45, 7) is 4.76. The van der Waals surface area contributed by atoms with Crippen LogP contribution < -0.4 is 5.32 Å². The molecule has 1 fully saturated rings. The Balaban J connectivity index is 1.77. The summed E-state index contributed by atoms with van der Waals surface area (Å²) in [4.78, 5) is 14.6. The third kappa shape index (κ3) is 5.93. The summed E-state index contributed by atoms with van der Waals surface area (Å²) < 4.78 is 45.9. The molecule has 1 saturated heterocycles. The van der Waals surface area contributed by atoms with Gasteiger partial charge in [0.05, 0.1) is 24.8 Å². The molecule has 1 N–H and O–H groups in total. The number of carbonyl (C=O) groups excluding carboxylic acids is 1. The van der Waals surface area contributed by atoms with Crippen molar-refractivity contribution in [3.63, 3.8) is 0 Å². The van der Waals surface area contributed by atoms with Crippen LogP contribution in [0.25, 0.3) is 5.57 Å². The Labute approximate surface area is 174 Å². The molecular weight excluding hydrogens is 393 g/mol. The zero-order chi connectivity index (χ0) is 21.6. The van der Waals surface area contributed by atoms with Gasteiger partial charge in [0.15, 0.2) is 0 Å². The average Bonchev–Trinajstić information content (AvgIpc) is 2.74. The minimum atomic E-state index is -4.63. The molecular formula is C23H25F3N2O2. The number of benzene rings is 2. The molecule has 4 nitrogen and oxygen atoms in total. The highest BCUT2D eigenvalue weighted by atomic mass is 19.4. The Morgan fingerprint density at radius 1 is 1.10 bits per heavy atom. The average molecular weight is 418 g/mol. The van der Waals surface area contributed by atoms with Crippen LogP contribution in [0, 0.1) is 6.92 Å². The molecule has 1 unspecified atom stereocenters. The van der Waals surface area contributed by atoms with Gasteiger partial charge in [0.2, 0.25) is 5.91 Å². The first-order valence-corrected chi connectivity index (χ1v) is 9.85. The number of rotatable bonds is 6. The molecule has 0 aromatic heterocycles. The Bertz CT molecular complexity index is 858. The van der Waals surface area contributed by atoms with E-state index in [4.69, 9.17) is 4.74 Å². The quantitative estimate of drug-likeness (QED) is 0.718. The number of nitrogens with one attached hydrogen (secondary N) is 1. The lowest BCUT2D eigenvalue weighted by atomic mass is 10.0. The Morgan fingerprint density at radius 3 is 2.33 bits per heavy atom. The van der Waals surface area contributed by atoms with Crippen molar-refractivity contribution in [2.75, 3.05) is 32.8 Å². The van der Waals surface area contributed by atoms with Gasteiger partial charge in [-0.25, -0.2) is 0 Å². The predicted molar refractivity (Wildman–Crippen MR) is 110 cm³/mol. The molecule has 0 bridgehead atoms. The number of alkyl halides is 3. The molecule has 7 heteroatoms. The molecule has 1 aliphatic rings. The normalized spacial score (nSPS) is 16.9. The van der Waals surface area contributed by atoms with Crippen molar-refractivity contribution >= 4 is 11.5 Å². The van der Waals surface area contributed by atoms with Crippen LogP contribution in [-0.4, -0.2) is 49.8 Å². The maximum atomic E-state index is 13.5. The molecule has 1 heterocycles. The second-order valence-electron chi connectivity index (χ2n) is 7.24. The minimum absolute atomic E-state index is 0.0385. The molecule has 30 heavy (non-hydrogen) atoms. The van der Waals surface area contributed by atoms with Gasteiger partial charge in [-0.3, -0.25) is 9.69 Å². The van der Waals surface area contributed by atoms with E-state index in [9.17, 15) is 18.0 Å². The molecule has 1 atom stereocenters. The second kappa shape index (κ2) is 9.91. The number of hydrogen-bond donors (Lipinski definition) is 1. The lowest BCUT2D eigenvalue weighted by Gasteiger charge is -2.35. The third-order valence-electron chi connectivity index (χ3n) is 5.08. The van der Waals surface area contributed by atoms with Crippen LogP contribution in [0.2, 0.25) is 0 Å². The van der Waals surface area contributed by atoms with E-state index in [1.165, 1.54) is 24.3 Å². The Kier molecular flexibility index (Phi) is 7.29. The number of ether oxygens (including phenoxy) is 1. The third-order valence-corrected chi connectivity index (χ3v) is 5.08. The maximum absolute atomic E-state index is 13.5. The first-order chi connectivity index (χ1) is 14.3. The molecule has 0 spiro atoms. The van der Waals surface area contributed by atoms with Gasteiger partial charge in [-0.1, -0.05) is 60.2 Å². The van der Waals surface area contributed by atoms with Crippen LogP contribution in [-0.2, 0) is 9.53 Å². The fourth-order valence-electron chi connectivity index (χ4n) is 3.46. The maximum Gasteiger partial charge on any atom is 0.417 e. The zero-order valence-electron chi connectivity index (χ0n) is 16.8. The van der Waals surface area contributed by atoms with Crippen LogP contribution >= 0.6 is 0 Å². The fraction of sp³-hybridized carbons (Fsp3) is 0.348. The number of morpholine rings is 1. The number of halogens is 3. The summed E-state index contributed by atoms with van der Waals surface area (Å²) in [5.74, 6) is -0.767. The summed E-state index contributed by atoms with van der Waals surface area (Å²) in [6.07, 6.45) is -3.99. The van der Waals surface area contributed by atoms with E-state index in [-0.39, 0.29) is 18.2 Å². The summed E-state index contributed by atoms with van der Waals surface area (Å²) in [6, 6.07) is 15.2. The number of nitrogens with zero attached hydrogens (tertiary/aromatic N) is 1. The number of hydrogen-bond acceptors (Lipinski definition) is 3. The first-order valence-electron chi connectivity index (χ1n) is 9.85. The summed E-state index contributed by atoms with van der Waals surface area (Å²) in [5, 5.41) is 2.67.